The van der Waals surface area contributed by atoms with E-state index in [9.17, 15) is 0 Å². The van der Waals surface area contributed by atoms with Gasteiger partial charge in [0.15, 0.2) is 0 Å². The fourth-order valence-electron chi connectivity index (χ4n) is 4.01. The standard InChI is InChI=1S/C23H27N9/c1-15-10-16(2)26-19(11-15)28-23-29-20(13-22(30-23)32-9-5-24-17(3)14-32)27-18-4-7-31-8-6-25-21(31)12-18/h4,6-8,10-13,17,24H,5,9,14H2,1-3H3,(H2,26,27,28,29,30). The Labute approximate surface area is 187 Å². The number of imidazole rings is 1. The van der Waals surface area contributed by atoms with Crippen LogP contribution in [0.25, 0.3) is 5.65 Å². The number of hydrogen-bond donors (Lipinski definition) is 3. The van der Waals surface area contributed by atoms with Crippen molar-refractivity contribution in [2.45, 2.75) is 26.8 Å². The number of piperazine rings is 1. The second-order valence-electron chi connectivity index (χ2n) is 8.27. The maximum Gasteiger partial charge on any atom is 0.232 e. The maximum atomic E-state index is 4.81. The van der Waals surface area contributed by atoms with Gasteiger partial charge < -0.3 is 25.3 Å². The average molecular weight is 430 g/mol. The van der Waals surface area contributed by atoms with Gasteiger partial charge in [0.25, 0.3) is 0 Å². The molecular formula is C23H27N9. The first-order valence-corrected chi connectivity index (χ1v) is 10.8. The van der Waals surface area contributed by atoms with E-state index in [1.807, 2.05) is 54.0 Å². The summed E-state index contributed by atoms with van der Waals surface area (Å²) in [7, 11) is 0. The van der Waals surface area contributed by atoms with Gasteiger partial charge in [0, 0.05) is 67.8 Å². The van der Waals surface area contributed by atoms with E-state index in [0.29, 0.717) is 17.8 Å². The number of fused-ring (bicyclic) bond motifs is 1. The Balaban J connectivity index is 1.49. The van der Waals surface area contributed by atoms with Gasteiger partial charge in [-0.2, -0.15) is 9.97 Å². The number of anilines is 5. The zero-order valence-corrected chi connectivity index (χ0v) is 18.5. The Morgan fingerprint density at radius 1 is 1.00 bits per heavy atom. The van der Waals surface area contributed by atoms with Crippen LogP contribution < -0.4 is 20.9 Å². The van der Waals surface area contributed by atoms with Crippen LogP contribution in [0.1, 0.15) is 18.2 Å². The first kappa shape index (κ1) is 20.2. The van der Waals surface area contributed by atoms with Crippen LogP contribution in [0.5, 0.6) is 0 Å². The van der Waals surface area contributed by atoms with Crippen LogP contribution in [0, 0.1) is 13.8 Å². The van der Waals surface area contributed by atoms with E-state index in [2.05, 4.69) is 44.7 Å². The molecule has 1 saturated heterocycles. The molecule has 1 fully saturated rings. The third-order valence-electron chi connectivity index (χ3n) is 5.41. The molecule has 0 aromatic carbocycles. The van der Waals surface area contributed by atoms with Crippen molar-refractivity contribution in [1.82, 2.24) is 29.7 Å². The van der Waals surface area contributed by atoms with Gasteiger partial charge in [-0.15, -0.1) is 0 Å². The Morgan fingerprint density at radius 3 is 2.72 bits per heavy atom. The molecule has 164 valence electrons. The van der Waals surface area contributed by atoms with E-state index in [4.69, 9.17) is 9.97 Å². The molecule has 0 saturated carbocycles. The summed E-state index contributed by atoms with van der Waals surface area (Å²) in [6.07, 6.45) is 5.68. The molecule has 1 aliphatic rings. The van der Waals surface area contributed by atoms with E-state index >= 15 is 0 Å². The zero-order valence-electron chi connectivity index (χ0n) is 18.5. The Bertz CT molecular complexity index is 1230. The summed E-state index contributed by atoms with van der Waals surface area (Å²) in [4.78, 5) is 20.8. The van der Waals surface area contributed by atoms with Crippen LogP contribution >= 0.6 is 0 Å². The van der Waals surface area contributed by atoms with Crippen molar-refractivity contribution in [2.24, 2.45) is 0 Å². The minimum Gasteiger partial charge on any atom is -0.354 e. The molecule has 0 bridgehead atoms. The smallest absolute Gasteiger partial charge is 0.232 e. The summed E-state index contributed by atoms with van der Waals surface area (Å²) < 4.78 is 1.97. The third kappa shape index (κ3) is 4.47. The molecule has 9 nitrogen and oxygen atoms in total. The van der Waals surface area contributed by atoms with Crippen LogP contribution in [-0.2, 0) is 0 Å². The summed E-state index contributed by atoms with van der Waals surface area (Å²) >= 11 is 0. The van der Waals surface area contributed by atoms with Gasteiger partial charge in [-0.3, -0.25) is 0 Å². The number of pyridine rings is 2. The molecule has 0 aliphatic carbocycles. The van der Waals surface area contributed by atoms with E-state index in [1.54, 1.807) is 6.20 Å². The number of rotatable bonds is 5. The van der Waals surface area contributed by atoms with Gasteiger partial charge in [0.2, 0.25) is 5.95 Å². The quantitative estimate of drug-likeness (QED) is 0.444. The molecule has 0 amide bonds. The predicted octanol–water partition coefficient (Wildman–Crippen LogP) is 3.42. The molecule has 1 unspecified atom stereocenters. The second-order valence-corrected chi connectivity index (χ2v) is 8.27. The lowest BCUT2D eigenvalue weighted by atomic mass is 10.2. The topological polar surface area (TPSA) is 95.3 Å². The molecule has 1 atom stereocenters. The predicted molar refractivity (Wildman–Crippen MR) is 127 cm³/mol. The van der Waals surface area contributed by atoms with Crippen molar-refractivity contribution < 1.29 is 0 Å². The van der Waals surface area contributed by atoms with Crippen molar-refractivity contribution in [3.05, 3.63) is 60.2 Å². The first-order valence-electron chi connectivity index (χ1n) is 10.8. The number of aryl methyl sites for hydroxylation is 2. The number of nitrogens with one attached hydrogen (secondary N) is 3. The van der Waals surface area contributed by atoms with E-state index in [0.717, 1.165) is 53.9 Å². The van der Waals surface area contributed by atoms with Gasteiger partial charge >= 0.3 is 0 Å². The average Bonchev–Trinajstić information content (AvgIpc) is 3.21. The molecule has 32 heavy (non-hydrogen) atoms. The highest BCUT2D eigenvalue weighted by atomic mass is 15.3. The maximum absolute atomic E-state index is 4.81. The second kappa shape index (κ2) is 8.43. The third-order valence-corrected chi connectivity index (χ3v) is 5.41. The van der Waals surface area contributed by atoms with Crippen molar-refractivity contribution in [1.29, 1.82) is 0 Å². The summed E-state index contributed by atoms with van der Waals surface area (Å²) in [6.45, 7) is 8.92. The minimum atomic E-state index is 0.399. The van der Waals surface area contributed by atoms with Crippen LogP contribution in [0.3, 0.4) is 0 Å². The molecule has 5 heterocycles. The summed E-state index contributed by atoms with van der Waals surface area (Å²) in [6, 6.07) is 10.4. The number of hydrogen-bond acceptors (Lipinski definition) is 8. The van der Waals surface area contributed by atoms with Crippen LogP contribution in [-0.4, -0.2) is 50.0 Å². The molecule has 0 radical (unpaired) electrons. The Kier molecular flexibility index (Phi) is 5.32. The molecule has 5 rings (SSSR count). The molecule has 9 heteroatoms. The highest BCUT2D eigenvalue weighted by Crippen LogP contribution is 2.24. The fraction of sp³-hybridized carbons (Fsp3) is 0.304. The van der Waals surface area contributed by atoms with Crippen molar-refractivity contribution in [3.8, 4) is 0 Å². The highest BCUT2D eigenvalue weighted by molar-refractivity contribution is 5.66. The van der Waals surface area contributed by atoms with Gasteiger partial charge in [-0.05, 0) is 44.5 Å². The van der Waals surface area contributed by atoms with Crippen LogP contribution in [0.4, 0.5) is 29.1 Å². The molecule has 4 aromatic rings. The van der Waals surface area contributed by atoms with Gasteiger partial charge in [0.05, 0.1) is 0 Å². The summed E-state index contributed by atoms with van der Waals surface area (Å²) in [5.41, 5.74) is 3.87. The highest BCUT2D eigenvalue weighted by Gasteiger charge is 2.19. The molecule has 0 spiro atoms. The fourth-order valence-corrected chi connectivity index (χ4v) is 4.01. The summed E-state index contributed by atoms with van der Waals surface area (Å²) in [5, 5.41) is 10.2. The van der Waals surface area contributed by atoms with E-state index in [1.165, 1.54) is 0 Å². The SMILES string of the molecule is Cc1cc(C)nc(Nc2nc(Nc3ccn4ccnc4c3)cc(N3CCNC(C)C3)n2)c1. The Hall–Kier alpha value is -3.72. The van der Waals surface area contributed by atoms with Crippen LogP contribution in [0.2, 0.25) is 0 Å². The van der Waals surface area contributed by atoms with Crippen molar-refractivity contribution >= 4 is 34.7 Å². The summed E-state index contributed by atoms with van der Waals surface area (Å²) in [5.74, 6) is 2.84. The minimum absolute atomic E-state index is 0.399. The number of nitrogens with zero attached hydrogens (tertiary/aromatic N) is 6. The van der Waals surface area contributed by atoms with Crippen LogP contribution in [0.15, 0.2) is 48.9 Å². The van der Waals surface area contributed by atoms with E-state index in [-0.39, 0.29) is 0 Å². The number of aromatic nitrogens is 5. The van der Waals surface area contributed by atoms with Gasteiger partial charge in [-0.1, -0.05) is 0 Å². The monoisotopic (exact) mass is 429 g/mol. The van der Waals surface area contributed by atoms with Gasteiger partial charge in [0.1, 0.15) is 23.1 Å². The largest absolute Gasteiger partial charge is 0.354 e. The normalized spacial score (nSPS) is 16.3. The van der Waals surface area contributed by atoms with Crippen molar-refractivity contribution in [2.75, 3.05) is 35.2 Å². The zero-order chi connectivity index (χ0) is 22.1. The van der Waals surface area contributed by atoms with E-state index < -0.39 is 0 Å². The van der Waals surface area contributed by atoms with Gasteiger partial charge in [-0.25, -0.2) is 9.97 Å². The molecule has 4 aromatic heterocycles. The van der Waals surface area contributed by atoms with Crippen molar-refractivity contribution in [3.63, 3.8) is 0 Å². The molecule has 1 aliphatic heterocycles. The molecule has 3 N–H and O–H groups in total. The molecular weight excluding hydrogens is 402 g/mol. The lowest BCUT2D eigenvalue weighted by Crippen LogP contribution is -2.49. The Morgan fingerprint density at radius 2 is 1.88 bits per heavy atom. The lowest BCUT2D eigenvalue weighted by molar-refractivity contribution is 0.482. The lowest BCUT2D eigenvalue weighted by Gasteiger charge is -2.33. The first-order chi connectivity index (χ1) is 15.5.